The molecule has 2 aliphatic rings. The van der Waals surface area contributed by atoms with Gasteiger partial charge in [-0.3, -0.25) is 9.59 Å². The molecule has 0 aliphatic carbocycles. The second-order valence-electron chi connectivity index (χ2n) is 11.1. The Balaban J connectivity index is 1.58. The molecule has 3 aromatic rings. The lowest BCUT2D eigenvalue weighted by Gasteiger charge is -2.33. The minimum Gasteiger partial charge on any atom is -0.551 e. The van der Waals surface area contributed by atoms with E-state index in [1.165, 1.54) is 9.69 Å². The highest BCUT2D eigenvalue weighted by Crippen LogP contribution is 2.43. The number of nitrogens with zero attached hydrogens (tertiary/aromatic N) is 2. The van der Waals surface area contributed by atoms with E-state index in [9.17, 15) is 23.1 Å². The molecule has 0 spiro atoms. The van der Waals surface area contributed by atoms with Crippen molar-refractivity contribution in [2.75, 3.05) is 30.1 Å². The van der Waals surface area contributed by atoms with Crippen molar-refractivity contribution >= 4 is 44.5 Å². The summed E-state index contributed by atoms with van der Waals surface area (Å²) < 4.78 is 37.2. The second-order valence-corrected chi connectivity index (χ2v) is 14.1. The Labute approximate surface area is 254 Å². The van der Waals surface area contributed by atoms with Gasteiger partial charge in [0.15, 0.2) is 9.96 Å². The molecule has 2 amide bonds. The van der Waals surface area contributed by atoms with Crippen molar-refractivity contribution in [3.8, 4) is 17.2 Å². The predicted molar refractivity (Wildman–Crippen MR) is 165 cm³/mol. The average molecular weight is 628 g/mol. The summed E-state index contributed by atoms with van der Waals surface area (Å²) >= 11 is 0.835. The number of anilines is 2. The smallest absolute Gasteiger partial charge is 0.327 e. The second kappa shape index (κ2) is 11.5. The molecule has 1 aromatic heterocycles. The minimum absolute atomic E-state index is 0.000874. The maximum atomic E-state index is 14.0. The lowest BCUT2D eigenvalue weighted by Crippen LogP contribution is -2.37. The van der Waals surface area contributed by atoms with Crippen LogP contribution in [-0.4, -0.2) is 54.3 Å². The van der Waals surface area contributed by atoms with Crippen molar-refractivity contribution in [1.29, 1.82) is 0 Å². The maximum Gasteiger partial charge on any atom is 0.327 e. The number of aromatic hydroxyl groups is 2. The first-order chi connectivity index (χ1) is 20.4. The van der Waals surface area contributed by atoms with Crippen LogP contribution in [0.5, 0.6) is 17.2 Å². The van der Waals surface area contributed by atoms with Gasteiger partial charge in [0.05, 0.1) is 17.4 Å². The molecule has 5 rings (SSSR count). The first kappa shape index (κ1) is 30.4. The molecule has 0 unspecified atom stereocenters. The van der Waals surface area contributed by atoms with Crippen molar-refractivity contribution in [2.24, 2.45) is 5.41 Å². The minimum atomic E-state index is -3.97. The molecule has 228 valence electrons. The van der Waals surface area contributed by atoms with Gasteiger partial charge in [-0.1, -0.05) is 52.8 Å². The van der Waals surface area contributed by atoms with E-state index in [2.05, 4.69) is 15.4 Å². The Morgan fingerprint density at radius 2 is 1.74 bits per heavy atom. The Hall–Kier alpha value is -4.07. The van der Waals surface area contributed by atoms with Crippen LogP contribution in [0.15, 0.2) is 69.5 Å². The molecule has 11 nitrogen and oxygen atoms in total. The van der Waals surface area contributed by atoms with E-state index in [0.717, 1.165) is 27.5 Å². The van der Waals surface area contributed by atoms with Crippen LogP contribution >= 0.6 is 11.3 Å². The summed E-state index contributed by atoms with van der Waals surface area (Å²) in [7, 11) is -3.97. The van der Waals surface area contributed by atoms with E-state index in [4.69, 9.17) is 4.74 Å². The zero-order chi connectivity index (χ0) is 31.1. The zero-order valence-corrected chi connectivity index (χ0v) is 26.2. The number of hydrogen-bond donors (Lipinski definition) is 3. The fraction of sp³-hybridized carbons (Fsp3) is 0.333. The van der Waals surface area contributed by atoms with Crippen LogP contribution in [0.3, 0.4) is 0 Å². The maximum absolute atomic E-state index is 14.0. The molecule has 2 aromatic carbocycles. The molecule has 43 heavy (non-hydrogen) atoms. The van der Waals surface area contributed by atoms with Crippen LogP contribution in [0.2, 0.25) is 0 Å². The number of thiophene rings is 1. The molecule has 0 saturated carbocycles. The normalized spacial score (nSPS) is 15.9. The number of nitrogens with one attached hydrogen (secondary N) is 2. The van der Waals surface area contributed by atoms with Crippen molar-refractivity contribution in [3.05, 3.63) is 70.9 Å². The summed E-state index contributed by atoms with van der Waals surface area (Å²) in [6, 6.07) is 13.7. The average Bonchev–Trinajstić information content (AvgIpc) is 3.64. The van der Waals surface area contributed by atoms with Crippen LogP contribution in [0.1, 0.15) is 46.2 Å². The molecule has 0 saturated heterocycles. The van der Waals surface area contributed by atoms with Gasteiger partial charge >= 0.3 is 6.79 Å². The Bertz CT molecular complexity index is 1690. The molecule has 1 atom stereocenters. The van der Waals surface area contributed by atoms with E-state index >= 15 is 0 Å². The molecule has 0 radical (unpaired) electrons. The predicted octanol–water partition coefficient (Wildman–Crippen LogP) is 4.65. The summed E-state index contributed by atoms with van der Waals surface area (Å²) in [4.78, 5) is 28.9. The number of imide groups is 1. The number of carbonyl (C=O) groups is 2. The van der Waals surface area contributed by atoms with Crippen molar-refractivity contribution < 1.29 is 32.6 Å². The summed E-state index contributed by atoms with van der Waals surface area (Å²) in [5, 5.41) is 18.7. The zero-order valence-electron chi connectivity index (χ0n) is 24.5. The SMILES string of the molecule is CCN(CC)S(=O)(=O)c1scc(NC2=C(N[C@@H](c3ccc4c(c3)OC[OH+]4)C(C)(C)C)C(=O)N(c3ccccc3)C2=O)c1O. The molecular formula is C30H35N4O7S2+. The third kappa shape index (κ3) is 5.55. The third-order valence-corrected chi connectivity index (χ3v) is 10.8. The van der Waals surface area contributed by atoms with Crippen LogP contribution in [0.4, 0.5) is 11.4 Å². The number of para-hydroxylation sites is 1. The van der Waals surface area contributed by atoms with Crippen LogP contribution < -0.4 is 20.3 Å². The Kier molecular flexibility index (Phi) is 8.16. The fourth-order valence-corrected chi connectivity index (χ4v) is 7.92. The highest BCUT2D eigenvalue weighted by Gasteiger charge is 2.43. The van der Waals surface area contributed by atoms with Crippen LogP contribution in [0, 0.1) is 5.41 Å². The van der Waals surface area contributed by atoms with Gasteiger partial charge < -0.3 is 25.2 Å². The molecule has 3 heterocycles. The highest BCUT2D eigenvalue weighted by atomic mass is 32.2. The topological polar surface area (TPSA) is 141 Å². The number of ether oxygens (including phenoxy) is 2. The molecule has 2 aliphatic heterocycles. The molecular weight excluding hydrogens is 592 g/mol. The lowest BCUT2D eigenvalue weighted by molar-refractivity contribution is -0.120. The van der Waals surface area contributed by atoms with E-state index in [0.29, 0.717) is 11.4 Å². The van der Waals surface area contributed by atoms with Gasteiger partial charge in [0.25, 0.3) is 27.6 Å². The number of carbonyl (C=O) groups excluding carboxylic acids is 2. The highest BCUT2D eigenvalue weighted by molar-refractivity contribution is 7.91. The van der Waals surface area contributed by atoms with Gasteiger partial charge in [0, 0.05) is 24.5 Å². The summed E-state index contributed by atoms with van der Waals surface area (Å²) in [6.07, 6.45) is 0. The van der Waals surface area contributed by atoms with Gasteiger partial charge in [-0.2, -0.15) is 4.31 Å². The van der Waals surface area contributed by atoms with Gasteiger partial charge in [-0.05, 0) is 35.2 Å². The quantitative estimate of drug-likeness (QED) is 0.218. The van der Waals surface area contributed by atoms with Crippen molar-refractivity contribution in [1.82, 2.24) is 9.62 Å². The number of fused-ring (bicyclic) bond motifs is 1. The number of benzene rings is 2. The summed E-state index contributed by atoms with van der Waals surface area (Å²) in [5.74, 6) is -0.393. The van der Waals surface area contributed by atoms with Gasteiger partial charge in [0.1, 0.15) is 11.4 Å². The third-order valence-electron chi connectivity index (χ3n) is 7.30. The number of sulfonamides is 1. The number of hydrogen-bond acceptors (Lipinski definition) is 9. The molecule has 0 bridgehead atoms. The summed E-state index contributed by atoms with van der Waals surface area (Å²) in [5.41, 5.74) is 0.614. The first-order valence-electron chi connectivity index (χ1n) is 13.8. The first-order valence-corrected chi connectivity index (χ1v) is 16.2. The Morgan fingerprint density at radius 1 is 1.07 bits per heavy atom. The summed E-state index contributed by atoms with van der Waals surface area (Å²) in [6.45, 7) is 10.1. The molecule has 0 fully saturated rings. The molecule has 4 N–H and O–H groups in total. The number of rotatable bonds is 10. The number of aliphatic hydroxyl groups is 1. The molecule has 13 heteroatoms. The van der Waals surface area contributed by atoms with E-state index in [1.807, 2.05) is 39.0 Å². The van der Waals surface area contributed by atoms with Crippen LogP contribution in [-0.2, 0) is 19.6 Å². The lowest BCUT2D eigenvalue weighted by atomic mass is 9.82. The van der Waals surface area contributed by atoms with Gasteiger partial charge in [-0.25, -0.2) is 13.3 Å². The van der Waals surface area contributed by atoms with E-state index < -0.39 is 39.0 Å². The van der Waals surface area contributed by atoms with Crippen molar-refractivity contribution in [2.45, 2.75) is 44.9 Å². The fourth-order valence-electron chi connectivity index (χ4n) is 5.08. The van der Waals surface area contributed by atoms with Crippen molar-refractivity contribution in [3.63, 3.8) is 0 Å². The van der Waals surface area contributed by atoms with Crippen LogP contribution in [0.25, 0.3) is 0 Å². The standard InChI is InChI=1S/C30H34N4O7S2/c1-6-33(7-2)43(38,39)29-25(35)20(16-42-29)31-23-24(28(37)34(27(23)36)19-11-9-8-10-12-19)32-26(30(3,4)5)18-13-14-21-22(15-18)41-17-40-21/h8-16,26,31-32,35H,6-7,17H2,1-5H3/p+1/t26-/m0/s1. The van der Waals surface area contributed by atoms with Gasteiger partial charge in [0.2, 0.25) is 5.75 Å². The largest absolute Gasteiger partial charge is 0.551 e. The van der Waals surface area contributed by atoms with Gasteiger partial charge in [-0.15, -0.1) is 11.3 Å². The number of amides is 2. The van der Waals surface area contributed by atoms with E-state index in [-0.39, 0.29) is 41.2 Å². The van der Waals surface area contributed by atoms with E-state index in [1.54, 1.807) is 44.2 Å². The Morgan fingerprint density at radius 3 is 2.40 bits per heavy atom. The monoisotopic (exact) mass is 627 g/mol.